The number of amides is 1. The fourth-order valence-electron chi connectivity index (χ4n) is 1.61. The minimum Gasteiger partial charge on any atom is -0.335 e. The summed E-state index contributed by atoms with van der Waals surface area (Å²) in [6.07, 6.45) is -0.297. The number of hydrogen-bond donors (Lipinski definition) is 0. The van der Waals surface area contributed by atoms with E-state index < -0.39 is 24.3 Å². The van der Waals surface area contributed by atoms with Crippen molar-refractivity contribution >= 4 is 5.91 Å². The Morgan fingerprint density at radius 3 is 2.47 bits per heavy atom. The van der Waals surface area contributed by atoms with Crippen LogP contribution in [0.25, 0.3) is 0 Å². The molecule has 3 nitrogen and oxygen atoms in total. The summed E-state index contributed by atoms with van der Waals surface area (Å²) in [5.74, 6) is -4.20. The second-order valence-corrected chi connectivity index (χ2v) is 4.22. The van der Waals surface area contributed by atoms with Gasteiger partial charge in [-0.2, -0.15) is 5.26 Å². The molecule has 1 saturated heterocycles. The van der Waals surface area contributed by atoms with Crippen molar-refractivity contribution in [3.63, 3.8) is 0 Å². The summed E-state index contributed by atoms with van der Waals surface area (Å²) >= 11 is 0. The molecule has 1 unspecified atom stereocenters. The zero-order valence-corrected chi connectivity index (χ0v) is 8.83. The molecule has 0 aromatic carbocycles. The highest BCUT2D eigenvalue weighted by molar-refractivity contribution is 5.81. The van der Waals surface area contributed by atoms with Crippen molar-refractivity contribution in [2.45, 2.75) is 26.2 Å². The number of nitriles is 1. The van der Waals surface area contributed by atoms with Crippen molar-refractivity contribution in [1.82, 2.24) is 4.90 Å². The lowest BCUT2D eigenvalue weighted by Crippen LogP contribution is -2.37. The first-order valence-electron chi connectivity index (χ1n) is 4.93. The Kier molecular flexibility index (Phi) is 3.28. The van der Waals surface area contributed by atoms with Crippen LogP contribution in [0.5, 0.6) is 0 Å². The van der Waals surface area contributed by atoms with Crippen LogP contribution in [0.3, 0.4) is 0 Å². The van der Waals surface area contributed by atoms with E-state index in [0.717, 1.165) is 4.90 Å². The molecule has 84 valence electrons. The van der Waals surface area contributed by atoms with Crippen molar-refractivity contribution in [2.24, 2.45) is 11.8 Å². The Bertz CT molecular complexity index is 296. The van der Waals surface area contributed by atoms with Crippen LogP contribution in [0.15, 0.2) is 0 Å². The number of halogens is 2. The van der Waals surface area contributed by atoms with Crippen LogP contribution in [-0.4, -0.2) is 29.8 Å². The molecule has 0 aromatic heterocycles. The fourth-order valence-corrected chi connectivity index (χ4v) is 1.61. The molecule has 1 rings (SSSR count). The van der Waals surface area contributed by atoms with E-state index in [2.05, 4.69) is 0 Å². The molecule has 1 amide bonds. The van der Waals surface area contributed by atoms with Crippen LogP contribution in [0.1, 0.15) is 20.3 Å². The summed E-state index contributed by atoms with van der Waals surface area (Å²) in [4.78, 5) is 12.8. The van der Waals surface area contributed by atoms with Gasteiger partial charge in [-0.3, -0.25) is 4.79 Å². The van der Waals surface area contributed by atoms with E-state index in [1.165, 1.54) is 0 Å². The Morgan fingerprint density at radius 2 is 2.13 bits per heavy atom. The molecule has 1 aliphatic heterocycles. The monoisotopic (exact) mass is 216 g/mol. The van der Waals surface area contributed by atoms with Crippen molar-refractivity contribution in [2.75, 3.05) is 13.1 Å². The normalized spacial score (nSPS) is 21.5. The van der Waals surface area contributed by atoms with E-state index in [9.17, 15) is 13.6 Å². The third-order valence-electron chi connectivity index (χ3n) is 2.55. The molecule has 0 saturated carbocycles. The number of alkyl halides is 2. The molecule has 1 fully saturated rings. The van der Waals surface area contributed by atoms with Gasteiger partial charge in [-0.15, -0.1) is 0 Å². The second kappa shape index (κ2) is 4.13. The van der Waals surface area contributed by atoms with Crippen LogP contribution in [-0.2, 0) is 4.79 Å². The van der Waals surface area contributed by atoms with E-state index in [1.54, 1.807) is 13.8 Å². The standard InChI is InChI=1S/C10H14F2N2O/c1-7(2)8(5-13)9(15)14-4-3-10(11,12)6-14/h7-8H,3-4,6H2,1-2H3. The predicted octanol–water partition coefficient (Wildman–Crippen LogP) is 1.65. The predicted molar refractivity (Wildman–Crippen MR) is 50.1 cm³/mol. The summed E-state index contributed by atoms with van der Waals surface area (Å²) in [6, 6.07) is 1.87. The van der Waals surface area contributed by atoms with Gasteiger partial charge >= 0.3 is 0 Å². The summed E-state index contributed by atoms with van der Waals surface area (Å²) in [5, 5.41) is 8.77. The Labute approximate surface area is 87.7 Å². The summed E-state index contributed by atoms with van der Waals surface area (Å²) in [5.41, 5.74) is 0. The quantitative estimate of drug-likeness (QED) is 0.704. The lowest BCUT2D eigenvalue weighted by molar-refractivity contribution is -0.135. The van der Waals surface area contributed by atoms with Crippen LogP contribution in [0.2, 0.25) is 0 Å². The molecular formula is C10H14F2N2O. The Morgan fingerprint density at radius 1 is 1.53 bits per heavy atom. The van der Waals surface area contributed by atoms with Gasteiger partial charge in [-0.1, -0.05) is 13.8 Å². The van der Waals surface area contributed by atoms with Gasteiger partial charge in [-0.25, -0.2) is 8.78 Å². The average Bonchev–Trinajstić information content (AvgIpc) is 2.46. The molecule has 5 heteroatoms. The highest BCUT2D eigenvalue weighted by Gasteiger charge is 2.42. The summed E-state index contributed by atoms with van der Waals surface area (Å²) < 4.78 is 25.7. The molecular weight excluding hydrogens is 202 g/mol. The van der Waals surface area contributed by atoms with Crippen molar-refractivity contribution in [1.29, 1.82) is 5.26 Å². The SMILES string of the molecule is CC(C)C(C#N)C(=O)N1CCC(F)(F)C1. The van der Waals surface area contributed by atoms with Crippen LogP contribution < -0.4 is 0 Å². The third kappa shape index (κ3) is 2.65. The average molecular weight is 216 g/mol. The summed E-state index contributed by atoms with van der Waals surface area (Å²) in [6.45, 7) is 2.98. The number of hydrogen-bond acceptors (Lipinski definition) is 2. The van der Waals surface area contributed by atoms with Crippen LogP contribution in [0.4, 0.5) is 8.78 Å². The van der Waals surface area contributed by atoms with Gasteiger partial charge in [0.2, 0.25) is 5.91 Å². The van der Waals surface area contributed by atoms with Gasteiger partial charge in [0.1, 0.15) is 5.92 Å². The number of rotatable bonds is 2. The lowest BCUT2D eigenvalue weighted by atomic mass is 9.96. The lowest BCUT2D eigenvalue weighted by Gasteiger charge is -2.21. The van der Waals surface area contributed by atoms with E-state index in [1.807, 2.05) is 6.07 Å². The minimum atomic E-state index is -2.79. The Hall–Kier alpha value is -1.18. The third-order valence-corrected chi connectivity index (χ3v) is 2.55. The van der Waals surface area contributed by atoms with Gasteiger partial charge in [0.05, 0.1) is 12.6 Å². The maximum Gasteiger partial charge on any atom is 0.267 e. The first-order chi connectivity index (χ1) is 6.87. The first-order valence-corrected chi connectivity index (χ1v) is 4.93. The van der Waals surface area contributed by atoms with E-state index in [0.29, 0.717) is 0 Å². The minimum absolute atomic E-state index is 0.0523. The molecule has 0 radical (unpaired) electrons. The zero-order valence-electron chi connectivity index (χ0n) is 8.83. The first kappa shape index (κ1) is 11.9. The van der Waals surface area contributed by atoms with Gasteiger partial charge < -0.3 is 4.90 Å². The maximum absolute atomic E-state index is 12.8. The molecule has 1 atom stereocenters. The largest absolute Gasteiger partial charge is 0.335 e. The topological polar surface area (TPSA) is 44.1 Å². The molecule has 15 heavy (non-hydrogen) atoms. The summed E-state index contributed by atoms with van der Waals surface area (Å²) in [7, 11) is 0. The molecule has 0 aliphatic carbocycles. The van der Waals surface area contributed by atoms with Crippen LogP contribution >= 0.6 is 0 Å². The zero-order chi connectivity index (χ0) is 11.6. The van der Waals surface area contributed by atoms with E-state index in [-0.39, 0.29) is 18.9 Å². The van der Waals surface area contributed by atoms with Crippen molar-refractivity contribution in [3.8, 4) is 6.07 Å². The molecule has 0 N–H and O–H groups in total. The van der Waals surface area contributed by atoms with Crippen LogP contribution in [0, 0.1) is 23.2 Å². The fraction of sp³-hybridized carbons (Fsp3) is 0.800. The van der Waals surface area contributed by atoms with Gasteiger partial charge in [0.15, 0.2) is 0 Å². The second-order valence-electron chi connectivity index (χ2n) is 4.22. The van der Waals surface area contributed by atoms with E-state index in [4.69, 9.17) is 5.26 Å². The maximum atomic E-state index is 12.8. The van der Waals surface area contributed by atoms with E-state index >= 15 is 0 Å². The molecule has 1 aliphatic rings. The highest BCUT2D eigenvalue weighted by Crippen LogP contribution is 2.28. The molecule has 0 aromatic rings. The number of carbonyl (C=O) groups excluding carboxylic acids is 1. The highest BCUT2D eigenvalue weighted by atomic mass is 19.3. The van der Waals surface area contributed by atoms with Gasteiger partial charge in [0, 0.05) is 13.0 Å². The molecule has 0 bridgehead atoms. The van der Waals surface area contributed by atoms with Gasteiger partial charge in [-0.05, 0) is 5.92 Å². The molecule has 1 heterocycles. The van der Waals surface area contributed by atoms with Gasteiger partial charge in [0.25, 0.3) is 5.92 Å². The number of carbonyl (C=O) groups is 1. The smallest absolute Gasteiger partial charge is 0.267 e. The Balaban J connectivity index is 2.67. The van der Waals surface area contributed by atoms with Crippen molar-refractivity contribution in [3.05, 3.63) is 0 Å². The molecule has 0 spiro atoms. The van der Waals surface area contributed by atoms with Crippen molar-refractivity contribution < 1.29 is 13.6 Å². The number of likely N-dealkylation sites (tertiary alicyclic amines) is 1. The number of nitrogens with zero attached hydrogens (tertiary/aromatic N) is 2.